The van der Waals surface area contributed by atoms with E-state index in [4.69, 9.17) is 0 Å². The summed E-state index contributed by atoms with van der Waals surface area (Å²) in [5, 5.41) is 0. The number of nitrogens with zero attached hydrogens (tertiary/aromatic N) is 1. The Morgan fingerprint density at radius 2 is 2.14 bits per heavy atom. The van der Waals surface area contributed by atoms with Crippen molar-refractivity contribution in [2.24, 2.45) is 0 Å². The molecule has 0 aliphatic heterocycles. The van der Waals surface area contributed by atoms with Gasteiger partial charge in [0.15, 0.2) is 0 Å². The summed E-state index contributed by atoms with van der Waals surface area (Å²) in [7, 11) is 0. The number of pyridine rings is 1. The topological polar surface area (TPSA) is 12.9 Å². The molecule has 0 amide bonds. The van der Waals surface area contributed by atoms with Crippen LogP contribution in [0.15, 0.2) is 31.0 Å². The van der Waals surface area contributed by atoms with Gasteiger partial charge in [0.1, 0.15) is 0 Å². The van der Waals surface area contributed by atoms with Crippen molar-refractivity contribution in [3.8, 4) is 0 Å². The number of rotatable bonds is 3. The predicted molar refractivity (Wildman–Crippen MR) is 65.0 cm³/mol. The molecule has 1 rings (SSSR count). The van der Waals surface area contributed by atoms with Crippen molar-refractivity contribution in [1.29, 1.82) is 0 Å². The van der Waals surface area contributed by atoms with Crippen molar-refractivity contribution in [2.45, 2.75) is 27.2 Å². The van der Waals surface area contributed by atoms with Crippen molar-refractivity contribution >= 4 is 12.2 Å². The predicted octanol–water partition coefficient (Wildman–Crippen LogP) is 4.17. The van der Waals surface area contributed by atoms with E-state index in [9.17, 15) is 0 Å². The fraction of sp³-hybridized carbons (Fsp3) is 0.308. The number of aromatic nitrogens is 1. The molecule has 0 saturated carbocycles. The number of hydrogen-bond acceptors (Lipinski definition) is 1. The van der Waals surface area contributed by atoms with Gasteiger partial charge in [0, 0.05) is 6.20 Å². The molecule has 0 N–H and O–H groups in total. The highest BCUT2D eigenvalue weighted by Gasteiger charge is 1.92. The standard InChI is InChI=1S/C11H13N.C2H6/c1-3-5-8-11-10(4-2)7-6-9-12-11;1-2/h4-9H,2-3H2,1H3;1-2H3/b8-5-;. The second-order valence-electron chi connectivity index (χ2n) is 2.49. The van der Waals surface area contributed by atoms with Gasteiger partial charge in [-0.2, -0.15) is 0 Å². The zero-order chi connectivity index (χ0) is 10.8. The zero-order valence-corrected chi connectivity index (χ0v) is 9.33. The normalized spacial score (nSPS) is 9.36. The fourth-order valence-electron chi connectivity index (χ4n) is 0.971. The van der Waals surface area contributed by atoms with Gasteiger partial charge in [-0.25, -0.2) is 0 Å². The Hall–Kier alpha value is -1.37. The molecular weight excluding hydrogens is 170 g/mol. The second-order valence-corrected chi connectivity index (χ2v) is 2.49. The third-order valence-corrected chi connectivity index (χ3v) is 1.60. The Balaban J connectivity index is 0.000000791. The van der Waals surface area contributed by atoms with Crippen LogP contribution in [0, 0.1) is 0 Å². The van der Waals surface area contributed by atoms with Crippen LogP contribution in [0.5, 0.6) is 0 Å². The van der Waals surface area contributed by atoms with Gasteiger partial charge < -0.3 is 0 Å². The smallest absolute Gasteiger partial charge is 0.0698 e. The van der Waals surface area contributed by atoms with Crippen LogP contribution in [0.4, 0.5) is 0 Å². The van der Waals surface area contributed by atoms with Crippen LogP contribution in [0.3, 0.4) is 0 Å². The molecular formula is C13H19N. The third kappa shape index (κ3) is 4.04. The molecule has 76 valence electrons. The van der Waals surface area contributed by atoms with E-state index < -0.39 is 0 Å². The minimum Gasteiger partial charge on any atom is -0.256 e. The molecule has 0 fully saturated rings. The van der Waals surface area contributed by atoms with Crippen LogP contribution < -0.4 is 0 Å². The summed E-state index contributed by atoms with van der Waals surface area (Å²) in [6, 6.07) is 3.93. The average molecular weight is 189 g/mol. The lowest BCUT2D eigenvalue weighted by molar-refractivity contribution is 1.22. The van der Waals surface area contributed by atoms with E-state index in [-0.39, 0.29) is 0 Å². The summed E-state index contributed by atoms with van der Waals surface area (Å²) < 4.78 is 0. The Morgan fingerprint density at radius 1 is 1.43 bits per heavy atom. The van der Waals surface area contributed by atoms with E-state index >= 15 is 0 Å². The largest absolute Gasteiger partial charge is 0.256 e. The number of hydrogen-bond donors (Lipinski definition) is 0. The van der Waals surface area contributed by atoms with Crippen molar-refractivity contribution in [3.05, 3.63) is 42.2 Å². The molecule has 1 nitrogen and oxygen atoms in total. The van der Waals surface area contributed by atoms with Crippen LogP contribution in [-0.2, 0) is 0 Å². The van der Waals surface area contributed by atoms with Crippen molar-refractivity contribution in [2.75, 3.05) is 0 Å². The summed E-state index contributed by atoms with van der Waals surface area (Å²) in [5.74, 6) is 0. The molecule has 0 unspecified atom stereocenters. The summed E-state index contributed by atoms with van der Waals surface area (Å²) in [4.78, 5) is 4.23. The van der Waals surface area contributed by atoms with Gasteiger partial charge in [-0.3, -0.25) is 4.98 Å². The first-order valence-electron chi connectivity index (χ1n) is 5.12. The van der Waals surface area contributed by atoms with E-state index in [2.05, 4.69) is 24.6 Å². The molecule has 1 aromatic rings. The van der Waals surface area contributed by atoms with Gasteiger partial charge in [-0.05, 0) is 24.1 Å². The Morgan fingerprint density at radius 3 is 2.71 bits per heavy atom. The molecule has 0 aliphatic carbocycles. The van der Waals surface area contributed by atoms with Gasteiger partial charge in [-0.1, -0.05) is 45.6 Å². The third-order valence-electron chi connectivity index (χ3n) is 1.60. The fourth-order valence-corrected chi connectivity index (χ4v) is 0.971. The van der Waals surface area contributed by atoms with E-state index in [1.807, 2.05) is 38.1 Å². The SMILES string of the molecule is C=Cc1cccnc1/C=C\CC.CC. The molecule has 0 radical (unpaired) electrons. The lowest BCUT2D eigenvalue weighted by Crippen LogP contribution is -1.83. The van der Waals surface area contributed by atoms with Crippen LogP contribution in [0.1, 0.15) is 38.4 Å². The summed E-state index contributed by atoms with van der Waals surface area (Å²) in [5.41, 5.74) is 2.08. The quantitative estimate of drug-likeness (QED) is 0.695. The van der Waals surface area contributed by atoms with E-state index in [0.717, 1.165) is 17.7 Å². The highest BCUT2D eigenvalue weighted by atomic mass is 14.7. The molecule has 1 heteroatoms. The molecule has 1 heterocycles. The van der Waals surface area contributed by atoms with Crippen molar-refractivity contribution < 1.29 is 0 Å². The second kappa shape index (κ2) is 8.24. The molecule has 0 spiro atoms. The maximum atomic E-state index is 4.23. The van der Waals surface area contributed by atoms with Crippen molar-refractivity contribution in [3.63, 3.8) is 0 Å². The lowest BCUT2D eigenvalue weighted by Gasteiger charge is -1.96. The minimum atomic E-state index is 0.995. The average Bonchev–Trinajstić information content (AvgIpc) is 2.29. The van der Waals surface area contributed by atoms with E-state index in [1.165, 1.54) is 0 Å². The maximum Gasteiger partial charge on any atom is 0.0698 e. The highest BCUT2D eigenvalue weighted by Crippen LogP contribution is 2.08. The molecule has 0 saturated heterocycles. The van der Waals surface area contributed by atoms with Gasteiger partial charge >= 0.3 is 0 Å². The monoisotopic (exact) mass is 189 g/mol. The van der Waals surface area contributed by atoms with Crippen LogP contribution in [-0.4, -0.2) is 4.98 Å². The maximum absolute atomic E-state index is 4.23. The molecule has 1 aromatic heterocycles. The first-order valence-corrected chi connectivity index (χ1v) is 5.12. The Labute approximate surface area is 87.2 Å². The first kappa shape index (κ1) is 12.6. The summed E-state index contributed by atoms with van der Waals surface area (Å²) in [6.07, 6.45) is 8.77. The number of allylic oxidation sites excluding steroid dienone is 1. The van der Waals surface area contributed by atoms with Gasteiger partial charge in [0.2, 0.25) is 0 Å². The van der Waals surface area contributed by atoms with Crippen LogP contribution in [0.25, 0.3) is 12.2 Å². The highest BCUT2D eigenvalue weighted by molar-refractivity contribution is 5.60. The molecule has 14 heavy (non-hydrogen) atoms. The molecule has 0 aliphatic rings. The van der Waals surface area contributed by atoms with E-state index in [1.54, 1.807) is 6.20 Å². The summed E-state index contributed by atoms with van der Waals surface area (Å²) >= 11 is 0. The van der Waals surface area contributed by atoms with Gasteiger partial charge in [0.25, 0.3) is 0 Å². The zero-order valence-electron chi connectivity index (χ0n) is 9.33. The minimum absolute atomic E-state index is 0.995. The van der Waals surface area contributed by atoms with Crippen LogP contribution in [0.2, 0.25) is 0 Å². The molecule has 0 aromatic carbocycles. The van der Waals surface area contributed by atoms with E-state index in [0.29, 0.717) is 0 Å². The molecule has 0 bridgehead atoms. The van der Waals surface area contributed by atoms with Crippen molar-refractivity contribution in [1.82, 2.24) is 4.98 Å². The van der Waals surface area contributed by atoms with Gasteiger partial charge in [0.05, 0.1) is 5.69 Å². The summed E-state index contributed by atoms with van der Waals surface area (Å²) in [6.45, 7) is 9.83. The Bertz CT molecular complexity index is 287. The molecule has 0 atom stereocenters. The van der Waals surface area contributed by atoms with Crippen LogP contribution >= 0.6 is 0 Å². The lowest BCUT2D eigenvalue weighted by atomic mass is 10.2. The first-order chi connectivity index (χ1) is 6.88. The Kier molecular flexibility index (Phi) is 7.43. The van der Waals surface area contributed by atoms with Gasteiger partial charge in [-0.15, -0.1) is 0 Å².